The summed E-state index contributed by atoms with van der Waals surface area (Å²) in [6.07, 6.45) is -0.374. The van der Waals surface area contributed by atoms with Gasteiger partial charge in [-0.1, -0.05) is 29.8 Å². The van der Waals surface area contributed by atoms with Gasteiger partial charge in [0.1, 0.15) is 23.1 Å². The quantitative estimate of drug-likeness (QED) is 0.579. The van der Waals surface area contributed by atoms with Gasteiger partial charge >= 0.3 is 6.09 Å². The average Bonchev–Trinajstić information content (AvgIpc) is 2.76. The van der Waals surface area contributed by atoms with Crippen molar-refractivity contribution >= 4 is 23.5 Å². The van der Waals surface area contributed by atoms with Crippen LogP contribution in [0, 0.1) is 11.6 Å². The molecule has 1 N–H and O–H groups in total. The Balaban J connectivity index is 1.65. The largest absolute Gasteiger partial charge is 0.437 e. The van der Waals surface area contributed by atoms with Gasteiger partial charge in [-0.05, 0) is 42.5 Å². The van der Waals surface area contributed by atoms with Crippen LogP contribution in [-0.2, 0) is 10.3 Å². The molecule has 0 aliphatic carbocycles. The van der Waals surface area contributed by atoms with Gasteiger partial charge in [-0.15, -0.1) is 0 Å². The summed E-state index contributed by atoms with van der Waals surface area (Å²) in [5, 5.41) is 9.89. The Bertz CT molecular complexity index is 1110. The zero-order valence-electron chi connectivity index (χ0n) is 16.4. The highest BCUT2D eigenvalue weighted by Gasteiger charge is 2.44. The lowest BCUT2D eigenvalue weighted by Gasteiger charge is -2.41. The first-order valence-corrected chi connectivity index (χ1v) is 10.1. The zero-order valence-corrected chi connectivity index (χ0v) is 17.1. The fourth-order valence-corrected chi connectivity index (χ4v) is 3.98. The molecule has 1 aromatic heterocycles. The first-order valence-electron chi connectivity index (χ1n) is 9.72. The number of nitrogens with zero attached hydrogens (tertiary/aromatic N) is 2. The van der Waals surface area contributed by atoms with E-state index in [1.165, 1.54) is 23.1 Å². The Labute approximate surface area is 182 Å². The number of aliphatic hydroxyl groups is 1. The van der Waals surface area contributed by atoms with Gasteiger partial charge in [-0.25, -0.2) is 18.6 Å². The molecule has 0 bridgehead atoms. The lowest BCUT2D eigenvalue weighted by atomic mass is 9.85. The van der Waals surface area contributed by atoms with Crippen LogP contribution in [0.4, 0.5) is 19.4 Å². The number of hydrogen-bond acceptors (Lipinski definition) is 4. The van der Waals surface area contributed by atoms with Crippen molar-refractivity contribution in [1.82, 2.24) is 4.98 Å². The number of aromatic nitrogens is 1. The third kappa shape index (κ3) is 4.11. The molecule has 2 aromatic carbocycles. The van der Waals surface area contributed by atoms with Crippen LogP contribution in [-0.4, -0.2) is 29.3 Å². The van der Waals surface area contributed by atoms with E-state index >= 15 is 0 Å². The first kappa shape index (κ1) is 21.2. The number of hydrogen-bond donors (Lipinski definition) is 1. The maximum Gasteiger partial charge on any atom is 0.416 e. The summed E-state index contributed by atoms with van der Waals surface area (Å²) in [4.78, 5) is 18.7. The van der Waals surface area contributed by atoms with Gasteiger partial charge in [0, 0.05) is 37.1 Å². The maximum atomic E-state index is 14.5. The number of carbonyl (C=O) groups excluding carboxylic acids is 1. The fourth-order valence-electron chi connectivity index (χ4n) is 3.77. The van der Waals surface area contributed by atoms with Gasteiger partial charge in [-0.2, -0.15) is 0 Å². The molecule has 1 fully saturated rings. The summed E-state index contributed by atoms with van der Waals surface area (Å²) >= 11 is 6.27. The predicted molar refractivity (Wildman–Crippen MR) is 113 cm³/mol. The van der Waals surface area contributed by atoms with Crippen molar-refractivity contribution < 1.29 is 23.4 Å². The molecule has 1 amide bonds. The van der Waals surface area contributed by atoms with Gasteiger partial charge < -0.3 is 9.84 Å². The smallest absolute Gasteiger partial charge is 0.416 e. The summed E-state index contributed by atoms with van der Waals surface area (Å²) in [5.41, 5.74) is -0.0409. The summed E-state index contributed by atoms with van der Waals surface area (Å²) < 4.78 is 33.4. The first-order chi connectivity index (χ1) is 14.9. The van der Waals surface area contributed by atoms with E-state index in [9.17, 15) is 18.7 Å². The maximum absolute atomic E-state index is 14.5. The van der Waals surface area contributed by atoms with Gasteiger partial charge in [0.2, 0.25) is 0 Å². The number of cyclic esters (lactones) is 1. The van der Waals surface area contributed by atoms with Crippen LogP contribution in [0.5, 0.6) is 0 Å². The van der Waals surface area contributed by atoms with Crippen LogP contribution in [0.3, 0.4) is 0 Å². The van der Waals surface area contributed by atoms with E-state index in [0.29, 0.717) is 22.1 Å². The second kappa shape index (κ2) is 8.61. The Hall–Kier alpha value is -3.03. The topological polar surface area (TPSA) is 62.7 Å². The minimum absolute atomic E-state index is 0.0718. The normalized spacial score (nSPS) is 18.7. The highest BCUT2D eigenvalue weighted by atomic mass is 35.5. The molecule has 8 heteroatoms. The second-order valence-electron chi connectivity index (χ2n) is 7.22. The number of pyridine rings is 1. The Morgan fingerprint density at radius 3 is 2.52 bits per heavy atom. The molecule has 2 heterocycles. The molecule has 1 saturated heterocycles. The molecule has 1 unspecified atom stereocenters. The highest BCUT2D eigenvalue weighted by molar-refractivity contribution is 6.33. The minimum Gasteiger partial charge on any atom is -0.437 e. The van der Waals surface area contributed by atoms with Gasteiger partial charge in [-0.3, -0.25) is 4.90 Å². The van der Waals surface area contributed by atoms with Crippen LogP contribution in [0.25, 0.3) is 11.3 Å². The van der Waals surface area contributed by atoms with Crippen LogP contribution < -0.4 is 4.90 Å². The summed E-state index contributed by atoms with van der Waals surface area (Å²) in [5.74, 6) is -0.579. The molecule has 1 aliphatic heterocycles. The molecule has 0 radical (unpaired) electrons. The Kier molecular flexibility index (Phi) is 5.89. The number of aliphatic hydroxyl groups excluding tert-OH is 1. The third-order valence-electron chi connectivity index (χ3n) is 5.35. The summed E-state index contributed by atoms with van der Waals surface area (Å²) in [6.45, 7) is -0.0693. The second-order valence-corrected chi connectivity index (χ2v) is 7.63. The summed E-state index contributed by atoms with van der Waals surface area (Å²) in [6, 6.07) is 14.9. The van der Waals surface area contributed by atoms with E-state index in [2.05, 4.69) is 4.98 Å². The Morgan fingerprint density at radius 2 is 1.84 bits per heavy atom. The van der Waals surface area contributed by atoms with Crippen molar-refractivity contribution in [3.8, 4) is 11.3 Å². The van der Waals surface area contributed by atoms with Crippen molar-refractivity contribution in [2.75, 3.05) is 18.1 Å². The number of amides is 1. The van der Waals surface area contributed by atoms with Crippen LogP contribution in [0.1, 0.15) is 18.4 Å². The fraction of sp³-hybridized carbons (Fsp3) is 0.217. The molecule has 0 spiro atoms. The molecule has 1 atom stereocenters. The number of anilines is 1. The van der Waals surface area contributed by atoms with Gasteiger partial charge in [0.15, 0.2) is 0 Å². The number of benzene rings is 2. The van der Waals surface area contributed by atoms with Crippen molar-refractivity contribution in [2.45, 2.75) is 18.4 Å². The molecular formula is C23H19ClF2N2O3. The van der Waals surface area contributed by atoms with Gasteiger partial charge in [0.05, 0.1) is 10.7 Å². The van der Waals surface area contributed by atoms with Crippen molar-refractivity contribution in [3.05, 3.63) is 82.9 Å². The molecule has 160 valence electrons. The van der Waals surface area contributed by atoms with E-state index in [0.717, 1.165) is 0 Å². The number of rotatable bonds is 5. The van der Waals surface area contributed by atoms with E-state index in [1.807, 2.05) is 0 Å². The van der Waals surface area contributed by atoms with Crippen LogP contribution in [0.2, 0.25) is 5.02 Å². The van der Waals surface area contributed by atoms with Crippen LogP contribution >= 0.6 is 11.6 Å². The van der Waals surface area contributed by atoms with Gasteiger partial charge in [0.25, 0.3) is 0 Å². The van der Waals surface area contributed by atoms with E-state index in [4.69, 9.17) is 16.3 Å². The van der Waals surface area contributed by atoms with Crippen LogP contribution in [0.15, 0.2) is 60.7 Å². The number of halogens is 3. The summed E-state index contributed by atoms with van der Waals surface area (Å²) in [7, 11) is 0. The van der Waals surface area contributed by atoms with Crippen molar-refractivity contribution in [2.24, 2.45) is 0 Å². The lowest BCUT2D eigenvalue weighted by Crippen LogP contribution is -2.49. The highest BCUT2D eigenvalue weighted by Crippen LogP contribution is 2.40. The Morgan fingerprint density at radius 1 is 1.10 bits per heavy atom. The van der Waals surface area contributed by atoms with E-state index < -0.39 is 17.5 Å². The van der Waals surface area contributed by atoms with Crippen molar-refractivity contribution in [1.29, 1.82) is 0 Å². The molecule has 4 rings (SSSR count). The molecule has 1 aliphatic rings. The molecule has 5 nitrogen and oxygen atoms in total. The van der Waals surface area contributed by atoms with Crippen molar-refractivity contribution in [3.63, 3.8) is 0 Å². The number of ether oxygens (including phenoxy) is 1. The predicted octanol–water partition coefficient (Wildman–Crippen LogP) is 5.30. The molecule has 31 heavy (non-hydrogen) atoms. The van der Waals surface area contributed by atoms with E-state index in [1.54, 1.807) is 42.5 Å². The third-order valence-corrected chi connectivity index (χ3v) is 5.65. The lowest BCUT2D eigenvalue weighted by molar-refractivity contribution is -0.0282. The standard InChI is InChI=1S/C23H19ClF2N2O3/c24-18-9-10-20(27-21(18)15-5-7-16(25)8-6-15)28-13-11-23(12-14-29,31-22(28)30)17-3-1-2-4-19(17)26/h1-10,29H,11-14H2. The number of carbonyl (C=O) groups is 1. The van der Waals surface area contributed by atoms with E-state index in [-0.39, 0.29) is 37.4 Å². The monoisotopic (exact) mass is 444 g/mol. The molecular weight excluding hydrogens is 426 g/mol. The zero-order chi connectivity index (χ0) is 22.0. The molecule has 0 saturated carbocycles. The SMILES string of the molecule is O=C1OC(CCO)(c2ccccc2F)CCN1c1ccc(Cl)c(-c2ccc(F)cc2)n1. The minimum atomic E-state index is -1.26. The molecule has 3 aromatic rings. The average molecular weight is 445 g/mol.